The smallest absolute Gasteiger partial charge is 0.270 e. The number of carbonyl (C=O) groups is 1. The Balaban J connectivity index is 1.80. The second-order valence-electron chi connectivity index (χ2n) is 8.26. The van der Waals surface area contributed by atoms with E-state index in [1.165, 1.54) is 0 Å². The van der Waals surface area contributed by atoms with Crippen LogP contribution in [0.5, 0.6) is 0 Å². The van der Waals surface area contributed by atoms with Gasteiger partial charge in [-0.05, 0) is 64.3 Å². The lowest BCUT2D eigenvalue weighted by Gasteiger charge is -2.18. The minimum Gasteiger partial charge on any atom is -0.348 e. The summed E-state index contributed by atoms with van der Waals surface area (Å²) < 4.78 is 1.76. The first-order valence-electron chi connectivity index (χ1n) is 11.4. The van der Waals surface area contributed by atoms with E-state index < -0.39 is 0 Å². The lowest BCUT2D eigenvalue weighted by atomic mass is 10.1. The van der Waals surface area contributed by atoms with Crippen LogP contribution in [0.2, 0.25) is 0 Å². The Hall–Kier alpha value is -2.92. The van der Waals surface area contributed by atoms with Crippen LogP contribution in [-0.2, 0) is 0 Å². The van der Waals surface area contributed by atoms with Crippen molar-refractivity contribution in [2.24, 2.45) is 0 Å². The Labute approximate surface area is 186 Å². The molecule has 1 atom stereocenters. The quantitative estimate of drug-likeness (QED) is 0.527. The highest BCUT2D eigenvalue weighted by molar-refractivity contribution is 5.94. The summed E-state index contributed by atoms with van der Waals surface area (Å²) in [5.41, 5.74) is 4.38. The van der Waals surface area contributed by atoms with Crippen molar-refractivity contribution in [3.63, 3.8) is 0 Å². The Morgan fingerprint density at radius 3 is 2.48 bits per heavy atom. The molecule has 5 nitrogen and oxygen atoms in total. The first-order valence-corrected chi connectivity index (χ1v) is 11.4. The lowest BCUT2D eigenvalue weighted by Crippen LogP contribution is -3.11. The maximum absolute atomic E-state index is 13.2. The van der Waals surface area contributed by atoms with Crippen LogP contribution in [0.3, 0.4) is 0 Å². The number of benzene rings is 2. The van der Waals surface area contributed by atoms with Gasteiger partial charge in [0.1, 0.15) is 5.69 Å². The van der Waals surface area contributed by atoms with E-state index in [0.717, 1.165) is 55.0 Å². The van der Waals surface area contributed by atoms with Crippen molar-refractivity contribution in [1.29, 1.82) is 0 Å². The van der Waals surface area contributed by atoms with Crippen molar-refractivity contribution in [3.8, 4) is 16.9 Å². The maximum Gasteiger partial charge on any atom is 0.270 e. The number of amides is 1. The number of rotatable bonds is 10. The Kier molecular flexibility index (Phi) is 8.01. The summed E-state index contributed by atoms with van der Waals surface area (Å²) in [6, 6.07) is 20.1. The zero-order chi connectivity index (χ0) is 22.2. The SMILES string of the molecule is CC[NH+](CC)CCC[C@@H](C)NC(=O)c1cc(-c2ccccc2)nn1-c1cccc(C)c1. The van der Waals surface area contributed by atoms with Crippen molar-refractivity contribution < 1.29 is 9.69 Å². The molecule has 2 N–H and O–H groups in total. The molecule has 0 unspecified atom stereocenters. The molecule has 0 bridgehead atoms. The molecule has 3 rings (SSSR count). The van der Waals surface area contributed by atoms with Crippen LogP contribution in [0.25, 0.3) is 16.9 Å². The summed E-state index contributed by atoms with van der Waals surface area (Å²) in [7, 11) is 0. The van der Waals surface area contributed by atoms with E-state index in [2.05, 4.69) is 32.2 Å². The summed E-state index contributed by atoms with van der Waals surface area (Å²) in [5.74, 6) is -0.0844. The average Bonchev–Trinajstić information content (AvgIpc) is 3.23. The molecule has 5 heteroatoms. The second kappa shape index (κ2) is 10.9. The highest BCUT2D eigenvalue weighted by Crippen LogP contribution is 2.22. The summed E-state index contributed by atoms with van der Waals surface area (Å²) in [5, 5.41) is 7.97. The van der Waals surface area contributed by atoms with Crippen molar-refractivity contribution >= 4 is 5.91 Å². The standard InChI is InChI=1S/C26H34N4O/c1-5-29(6-2)17-11-13-21(4)27-26(31)25-19-24(22-14-8-7-9-15-22)28-30(25)23-16-10-12-20(3)18-23/h7-10,12,14-16,18-19,21H,5-6,11,13,17H2,1-4H3,(H,27,31)/p+1/t21-/m1/s1. The number of aryl methyl sites for hydroxylation is 1. The third-order valence-electron chi connectivity index (χ3n) is 5.80. The lowest BCUT2D eigenvalue weighted by molar-refractivity contribution is -0.896. The first-order chi connectivity index (χ1) is 15.0. The molecule has 0 spiro atoms. The molecular weight excluding hydrogens is 384 g/mol. The Morgan fingerprint density at radius 2 is 1.81 bits per heavy atom. The van der Waals surface area contributed by atoms with Gasteiger partial charge in [-0.1, -0.05) is 42.5 Å². The first kappa shape index (κ1) is 22.8. The third-order valence-corrected chi connectivity index (χ3v) is 5.80. The minimum absolute atomic E-state index is 0.0844. The number of hydrogen-bond acceptors (Lipinski definition) is 2. The molecule has 0 radical (unpaired) electrons. The fourth-order valence-electron chi connectivity index (χ4n) is 3.88. The fraction of sp³-hybridized carbons (Fsp3) is 0.385. The molecule has 1 aromatic heterocycles. The molecule has 2 aromatic carbocycles. The van der Waals surface area contributed by atoms with Gasteiger partial charge in [-0.3, -0.25) is 4.79 Å². The molecule has 3 aromatic rings. The summed E-state index contributed by atoms with van der Waals surface area (Å²) in [6.07, 6.45) is 2.07. The predicted molar refractivity (Wildman–Crippen MR) is 127 cm³/mol. The fourth-order valence-corrected chi connectivity index (χ4v) is 3.88. The van der Waals surface area contributed by atoms with Gasteiger partial charge in [-0.25, -0.2) is 4.68 Å². The second-order valence-corrected chi connectivity index (χ2v) is 8.26. The van der Waals surface area contributed by atoms with Gasteiger partial charge in [0.25, 0.3) is 5.91 Å². The molecular formula is C26H35N4O+. The summed E-state index contributed by atoms with van der Waals surface area (Å²) in [4.78, 5) is 14.8. The molecule has 0 fully saturated rings. The van der Waals surface area contributed by atoms with Gasteiger partial charge in [0, 0.05) is 11.6 Å². The molecule has 0 saturated carbocycles. The van der Waals surface area contributed by atoms with E-state index in [-0.39, 0.29) is 11.9 Å². The van der Waals surface area contributed by atoms with Crippen molar-refractivity contribution in [2.45, 2.75) is 46.6 Å². The normalized spacial score (nSPS) is 12.2. The minimum atomic E-state index is -0.0844. The van der Waals surface area contributed by atoms with Crippen LogP contribution in [0, 0.1) is 6.92 Å². The number of carbonyl (C=O) groups excluding carboxylic acids is 1. The van der Waals surface area contributed by atoms with Crippen LogP contribution in [-0.4, -0.2) is 41.4 Å². The average molecular weight is 420 g/mol. The molecule has 1 heterocycles. The largest absolute Gasteiger partial charge is 0.348 e. The highest BCUT2D eigenvalue weighted by atomic mass is 16.2. The Morgan fingerprint density at radius 1 is 1.06 bits per heavy atom. The summed E-state index contributed by atoms with van der Waals surface area (Å²) in [6.45, 7) is 12.0. The number of nitrogens with zero attached hydrogens (tertiary/aromatic N) is 2. The van der Waals surface area contributed by atoms with E-state index in [1.54, 1.807) is 9.58 Å². The van der Waals surface area contributed by atoms with E-state index in [4.69, 9.17) is 5.10 Å². The van der Waals surface area contributed by atoms with Crippen LogP contribution in [0.15, 0.2) is 60.7 Å². The van der Waals surface area contributed by atoms with E-state index in [9.17, 15) is 4.79 Å². The van der Waals surface area contributed by atoms with Crippen LogP contribution >= 0.6 is 0 Å². The van der Waals surface area contributed by atoms with Gasteiger partial charge in [0.05, 0.1) is 31.0 Å². The molecule has 31 heavy (non-hydrogen) atoms. The molecule has 0 aliphatic carbocycles. The van der Waals surface area contributed by atoms with Gasteiger partial charge >= 0.3 is 0 Å². The van der Waals surface area contributed by atoms with E-state index in [0.29, 0.717) is 5.69 Å². The van der Waals surface area contributed by atoms with Gasteiger partial charge in [0.15, 0.2) is 0 Å². The van der Waals surface area contributed by atoms with E-state index in [1.807, 2.05) is 61.5 Å². The monoisotopic (exact) mass is 419 g/mol. The van der Waals surface area contributed by atoms with Crippen LogP contribution in [0.4, 0.5) is 0 Å². The number of nitrogens with one attached hydrogen (secondary N) is 2. The van der Waals surface area contributed by atoms with Crippen molar-refractivity contribution in [3.05, 3.63) is 71.9 Å². The van der Waals surface area contributed by atoms with Crippen molar-refractivity contribution in [2.75, 3.05) is 19.6 Å². The predicted octanol–water partition coefficient (Wildman–Crippen LogP) is 3.67. The number of hydrogen-bond donors (Lipinski definition) is 2. The molecule has 0 aliphatic rings. The maximum atomic E-state index is 13.2. The van der Waals surface area contributed by atoms with Gasteiger partial charge in [-0.2, -0.15) is 5.10 Å². The van der Waals surface area contributed by atoms with Crippen LogP contribution < -0.4 is 10.2 Å². The molecule has 0 saturated heterocycles. The van der Waals surface area contributed by atoms with Crippen molar-refractivity contribution in [1.82, 2.24) is 15.1 Å². The zero-order valence-corrected chi connectivity index (χ0v) is 19.2. The van der Waals surface area contributed by atoms with Gasteiger partial charge < -0.3 is 10.2 Å². The highest BCUT2D eigenvalue weighted by Gasteiger charge is 2.19. The topological polar surface area (TPSA) is 51.4 Å². The zero-order valence-electron chi connectivity index (χ0n) is 19.2. The molecule has 0 aliphatic heterocycles. The Bertz CT molecular complexity index is 976. The van der Waals surface area contributed by atoms with Gasteiger partial charge in [-0.15, -0.1) is 0 Å². The number of quaternary nitrogens is 1. The molecule has 164 valence electrons. The number of aromatic nitrogens is 2. The van der Waals surface area contributed by atoms with E-state index >= 15 is 0 Å². The van der Waals surface area contributed by atoms with Gasteiger partial charge in [0.2, 0.25) is 0 Å². The molecule has 1 amide bonds. The summed E-state index contributed by atoms with van der Waals surface area (Å²) >= 11 is 0. The third kappa shape index (κ3) is 6.05. The van der Waals surface area contributed by atoms with Crippen LogP contribution in [0.1, 0.15) is 49.7 Å².